The van der Waals surface area contributed by atoms with Gasteiger partial charge in [0.1, 0.15) is 5.69 Å². The van der Waals surface area contributed by atoms with Crippen molar-refractivity contribution in [1.29, 1.82) is 0 Å². The predicted octanol–water partition coefficient (Wildman–Crippen LogP) is 4.58. The zero-order valence-electron chi connectivity index (χ0n) is 16.6. The minimum atomic E-state index is -0.0335. The number of hydrogen-bond acceptors (Lipinski definition) is 2. The molecule has 5 heteroatoms. The maximum absolute atomic E-state index is 13.3. The first-order valence-electron chi connectivity index (χ1n) is 10.2. The Bertz CT molecular complexity index is 1190. The number of nitrogens with one attached hydrogen (secondary N) is 2. The van der Waals surface area contributed by atoms with Gasteiger partial charge in [-0.25, -0.2) is 0 Å². The van der Waals surface area contributed by atoms with Crippen molar-refractivity contribution in [3.05, 3.63) is 71.5 Å². The second kappa shape index (κ2) is 7.41. The van der Waals surface area contributed by atoms with Crippen LogP contribution in [0.15, 0.2) is 54.6 Å². The number of para-hydroxylation sites is 2. The molecular weight excluding hydrogens is 362 g/mol. The molecule has 1 aliphatic carbocycles. The van der Waals surface area contributed by atoms with Crippen molar-refractivity contribution in [2.45, 2.75) is 31.8 Å². The molecule has 0 fully saturated rings. The molecule has 5 rings (SSSR count). The zero-order valence-corrected chi connectivity index (χ0v) is 16.6. The van der Waals surface area contributed by atoms with Gasteiger partial charge in [-0.15, -0.1) is 0 Å². The first kappa shape index (κ1) is 18.0. The SMILES string of the molecule is COCCn1c(C(=O)N[C@H]2CCCc3c2[nH]c2ccccc32)cc2ccccc21. The highest BCUT2D eigenvalue weighted by Crippen LogP contribution is 2.35. The summed E-state index contributed by atoms with van der Waals surface area (Å²) < 4.78 is 7.33. The number of fused-ring (bicyclic) bond motifs is 4. The van der Waals surface area contributed by atoms with Crippen LogP contribution in [0.25, 0.3) is 21.8 Å². The number of rotatable bonds is 5. The normalized spacial score (nSPS) is 16.2. The Kier molecular flexibility index (Phi) is 4.60. The highest BCUT2D eigenvalue weighted by atomic mass is 16.5. The van der Waals surface area contributed by atoms with Crippen LogP contribution in [-0.4, -0.2) is 29.2 Å². The number of H-pyrrole nitrogens is 1. The number of aryl methyl sites for hydroxylation is 1. The topological polar surface area (TPSA) is 59.0 Å². The zero-order chi connectivity index (χ0) is 19.8. The molecule has 0 spiro atoms. The average Bonchev–Trinajstić information content (AvgIpc) is 3.31. The number of aromatic nitrogens is 2. The van der Waals surface area contributed by atoms with Crippen molar-refractivity contribution >= 4 is 27.7 Å². The third kappa shape index (κ3) is 3.12. The molecule has 0 radical (unpaired) electrons. The Labute approximate surface area is 169 Å². The van der Waals surface area contributed by atoms with Crippen molar-refractivity contribution in [2.24, 2.45) is 0 Å². The summed E-state index contributed by atoms with van der Waals surface area (Å²) >= 11 is 0. The van der Waals surface area contributed by atoms with E-state index in [1.807, 2.05) is 30.3 Å². The number of aromatic amines is 1. The van der Waals surface area contributed by atoms with Crippen LogP contribution in [0.3, 0.4) is 0 Å². The van der Waals surface area contributed by atoms with Gasteiger partial charge in [-0.3, -0.25) is 4.79 Å². The van der Waals surface area contributed by atoms with Gasteiger partial charge in [0.25, 0.3) is 5.91 Å². The van der Waals surface area contributed by atoms with Crippen LogP contribution >= 0.6 is 0 Å². The fourth-order valence-electron chi connectivity index (χ4n) is 4.61. The fourth-order valence-corrected chi connectivity index (χ4v) is 4.61. The van der Waals surface area contributed by atoms with Gasteiger partial charge in [0.05, 0.1) is 12.6 Å². The van der Waals surface area contributed by atoms with Crippen LogP contribution in [0.5, 0.6) is 0 Å². The van der Waals surface area contributed by atoms with E-state index in [-0.39, 0.29) is 11.9 Å². The maximum atomic E-state index is 13.3. The molecule has 5 nitrogen and oxygen atoms in total. The summed E-state index contributed by atoms with van der Waals surface area (Å²) in [4.78, 5) is 16.9. The molecule has 0 bridgehead atoms. The lowest BCUT2D eigenvalue weighted by molar-refractivity contribution is 0.0920. The molecule has 29 heavy (non-hydrogen) atoms. The third-order valence-electron chi connectivity index (χ3n) is 5.98. The summed E-state index contributed by atoms with van der Waals surface area (Å²) in [6.45, 7) is 1.21. The average molecular weight is 387 g/mol. The number of carbonyl (C=O) groups excluding carboxylic acids is 1. The van der Waals surface area contributed by atoms with Crippen LogP contribution in [0.2, 0.25) is 0 Å². The number of methoxy groups -OCH3 is 1. The quantitative estimate of drug-likeness (QED) is 0.527. The van der Waals surface area contributed by atoms with Crippen molar-refractivity contribution in [1.82, 2.24) is 14.9 Å². The molecule has 2 N–H and O–H groups in total. The molecule has 2 heterocycles. The van der Waals surface area contributed by atoms with Crippen molar-refractivity contribution in [3.63, 3.8) is 0 Å². The number of hydrogen-bond donors (Lipinski definition) is 2. The minimum Gasteiger partial charge on any atom is -0.383 e. The van der Waals surface area contributed by atoms with E-state index >= 15 is 0 Å². The van der Waals surface area contributed by atoms with Gasteiger partial charge < -0.3 is 19.6 Å². The highest BCUT2D eigenvalue weighted by Gasteiger charge is 2.27. The van der Waals surface area contributed by atoms with Crippen molar-refractivity contribution in [3.8, 4) is 0 Å². The van der Waals surface area contributed by atoms with Crippen LogP contribution in [0, 0.1) is 0 Å². The summed E-state index contributed by atoms with van der Waals surface area (Å²) in [6.07, 6.45) is 3.08. The van der Waals surface area contributed by atoms with Gasteiger partial charge in [0, 0.05) is 41.2 Å². The smallest absolute Gasteiger partial charge is 0.268 e. The van der Waals surface area contributed by atoms with Crippen LogP contribution in [0.1, 0.15) is 40.6 Å². The number of amides is 1. The van der Waals surface area contributed by atoms with Crippen LogP contribution < -0.4 is 5.32 Å². The molecule has 1 atom stereocenters. The summed E-state index contributed by atoms with van der Waals surface area (Å²) in [5, 5.41) is 5.64. The van der Waals surface area contributed by atoms with E-state index in [1.165, 1.54) is 10.9 Å². The number of carbonyl (C=O) groups is 1. The van der Waals surface area contributed by atoms with Gasteiger partial charge in [-0.1, -0.05) is 36.4 Å². The Morgan fingerprint density at radius 2 is 2.03 bits per heavy atom. The number of nitrogens with zero attached hydrogens (tertiary/aromatic N) is 1. The Morgan fingerprint density at radius 3 is 2.93 bits per heavy atom. The van der Waals surface area contributed by atoms with E-state index in [1.54, 1.807) is 7.11 Å². The number of benzene rings is 2. The van der Waals surface area contributed by atoms with Gasteiger partial charge in [-0.05, 0) is 43.0 Å². The van der Waals surface area contributed by atoms with Crippen molar-refractivity contribution in [2.75, 3.05) is 13.7 Å². The van der Waals surface area contributed by atoms with E-state index in [4.69, 9.17) is 4.74 Å². The van der Waals surface area contributed by atoms with E-state index < -0.39 is 0 Å². The van der Waals surface area contributed by atoms with E-state index in [2.05, 4.69) is 39.1 Å². The second-order valence-electron chi connectivity index (χ2n) is 7.71. The molecule has 2 aromatic carbocycles. The lowest BCUT2D eigenvalue weighted by Gasteiger charge is -2.24. The molecule has 4 aromatic rings. The summed E-state index contributed by atoms with van der Waals surface area (Å²) in [5.41, 5.74) is 5.39. The first-order valence-corrected chi connectivity index (χ1v) is 10.2. The predicted molar refractivity (Wildman–Crippen MR) is 115 cm³/mol. The Balaban J connectivity index is 1.49. The lowest BCUT2D eigenvalue weighted by Crippen LogP contribution is -2.32. The molecule has 0 saturated carbocycles. The summed E-state index contributed by atoms with van der Waals surface area (Å²) in [6, 6.07) is 18.5. The molecular formula is C24H25N3O2. The van der Waals surface area contributed by atoms with Gasteiger partial charge in [0.2, 0.25) is 0 Å². The van der Waals surface area contributed by atoms with Crippen molar-refractivity contribution < 1.29 is 9.53 Å². The second-order valence-corrected chi connectivity index (χ2v) is 7.71. The summed E-state index contributed by atoms with van der Waals surface area (Å²) in [7, 11) is 1.69. The van der Waals surface area contributed by atoms with E-state index in [0.717, 1.165) is 41.4 Å². The molecule has 1 amide bonds. The lowest BCUT2D eigenvalue weighted by atomic mass is 9.91. The highest BCUT2D eigenvalue weighted by molar-refractivity contribution is 5.99. The largest absolute Gasteiger partial charge is 0.383 e. The third-order valence-corrected chi connectivity index (χ3v) is 5.98. The Morgan fingerprint density at radius 1 is 1.21 bits per heavy atom. The molecule has 0 unspecified atom stereocenters. The minimum absolute atomic E-state index is 0.00698. The number of ether oxygens (including phenoxy) is 1. The maximum Gasteiger partial charge on any atom is 0.268 e. The van der Waals surface area contributed by atoms with E-state index in [0.29, 0.717) is 18.8 Å². The van der Waals surface area contributed by atoms with Gasteiger partial charge >= 0.3 is 0 Å². The van der Waals surface area contributed by atoms with Crippen LogP contribution in [-0.2, 0) is 17.7 Å². The molecule has 2 aromatic heterocycles. The molecule has 0 aliphatic heterocycles. The molecule has 0 saturated heterocycles. The van der Waals surface area contributed by atoms with Gasteiger partial charge in [-0.2, -0.15) is 0 Å². The van der Waals surface area contributed by atoms with Gasteiger partial charge in [0.15, 0.2) is 0 Å². The fraction of sp³-hybridized carbons (Fsp3) is 0.292. The summed E-state index contributed by atoms with van der Waals surface area (Å²) in [5.74, 6) is -0.0335. The first-order chi connectivity index (χ1) is 14.3. The Hall–Kier alpha value is -3.05. The molecule has 1 aliphatic rings. The standard InChI is InChI=1S/C24H25N3O2/c1-29-14-13-27-21-12-5-2-7-16(21)15-22(27)24(28)26-20-11-6-9-18-17-8-3-4-10-19(17)25-23(18)20/h2-5,7-8,10,12,15,20,25H,6,9,11,13-14H2,1H3,(H,26,28)/t20-/m0/s1. The molecule has 148 valence electrons. The van der Waals surface area contributed by atoms with E-state index in [9.17, 15) is 4.79 Å². The van der Waals surface area contributed by atoms with Crippen LogP contribution in [0.4, 0.5) is 0 Å². The monoisotopic (exact) mass is 387 g/mol.